The van der Waals surface area contributed by atoms with Crippen molar-refractivity contribution in [3.8, 4) is 0 Å². The summed E-state index contributed by atoms with van der Waals surface area (Å²) in [5.41, 5.74) is 0. The van der Waals surface area contributed by atoms with Crippen molar-refractivity contribution in [3.63, 3.8) is 0 Å². The third kappa shape index (κ3) is 1.89. The second-order valence-electron chi connectivity index (χ2n) is 2.94. The Labute approximate surface area is 105 Å². The summed E-state index contributed by atoms with van der Waals surface area (Å²) in [6.45, 7) is 0. The van der Waals surface area contributed by atoms with E-state index in [4.69, 9.17) is 9.05 Å². The van der Waals surface area contributed by atoms with Crippen molar-refractivity contribution in [2.24, 2.45) is 0 Å². The number of aromatic nitrogens is 2. The summed E-state index contributed by atoms with van der Waals surface area (Å²) >= 11 is 0. The van der Waals surface area contributed by atoms with Gasteiger partial charge in [-0.2, -0.15) is 0 Å². The molecule has 0 saturated carbocycles. The SMILES string of the molecule is [B]1N(c2ccon2)C=CN1c1ccon1.[Ir]. The first kappa shape index (κ1) is 11.0. The molecule has 2 aromatic rings. The van der Waals surface area contributed by atoms with Crippen LogP contribution < -0.4 is 9.62 Å². The van der Waals surface area contributed by atoms with Gasteiger partial charge in [0, 0.05) is 44.6 Å². The van der Waals surface area contributed by atoms with Crippen LogP contribution in [0.15, 0.2) is 46.1 Å². The molecule has 82 valence electrons. The number of hydrogen-bond donors (Lipinski definition) is 0. The van der Waals surface area contributed by atoms with E-state index < -0.39 is 0 Å². The van der Waals surface area contributed by atoms with Gasteiger partial charge >= 0.3 is 7.55 Å². The zero-order chi connectivity index (χ0) is 10.1. The maximum Gasteiger partial charge on any atom is 0.403 e. The fourth-order valence-corrected chi connectivity index (χ4v) is 1.30. The Morgan fingerprint density at radius 2 is 1.44 bits per heavy atom. The van der Waals surface area contributed by atoms with Crippen LogP contribution in [-0.4, -0.2) is 17.9 Å². The van der Waals surface area contributed by atoms with Crippen molar-refractivity contribution in [2.45, 2.75) is 0 Å². The second kappa shape index (κ2) is 4.55. The van der Waals surface area contributed by atoms with Crippen LogP contribution in [-0.2, 0) is 20.1 Å². The van der Waals surface area contributed by atoms with Gasteiger partial charge in [0.25, 0.3) is 0 Å². The molecule has 3 rings (SSSR count). The number of hydrogen-bond acceptors (Lipinski definition) is 6. The molecule has 8 heteroatoms. The fraction of sp³-hybridized carbons (Fsp3) is 0. The van der Waals surface area contributed by atoms with Crippen molar-refractivity contribution >= 4 is 19.2 Å². The fourth-order valence-electron chi connectivity index (χ4n) is 1.30. The Hall–Kier alpha value is -1.53. The molecule has 0 saturated heterocycles. The van der Waals surface area contributed by atoms with Crippen molar-refractivity contribution in [2.75, 3.05) is 9.62 Å². The molecule has 6 nitrogen and oxygen atoms in total. The molecule has 0 atom stereocenters. The number of nitrogens with zero attached hydrogens (tertiary/aromatic N) is 4. The first-order chi connectivity index (χ1) is 7.43. The molecule has 2 radical (unpaired) electrons. The van der Waals surface area contributed by atoms with Crippen LogP contribution >= 0.6 is 0 Å². The Morgan fingerprint density at radius 3 is 1.81 bits per heavy atom. The van der Waals surface area contributed by atoms with E-state index in [1.807, 2.05) is 29.6 Å². The van der Waals surface area contributed by atoms with Crippen molar-refractivity contribution < 1.29 is 29.2 Å². The van der Waals surface area contributed by atoms with Crippen LogP contribution in [0.5, 0.6) is 0 Å². The average molecular weight is 393 g/mol. The molecule has 16 heavy (non-hydrogen) atoms. The summed E-state index contributed by atoms with van der Waals surface area (Å²) in [6, 6.07) is 3.54. The molecule has 0 N–H and O–H groups in total. The Morgan fingerprint density at radius 1 is 0.938 bits per heavy atom. The van der Waals surface area contributed by atoms with E-state index in [0.29, 0.717) is 0 Å². The molecule has 2 aromatic heterocycles. The zero-order valence-electron chi connectivity index (χ0n) is 7.98. The summed E-state index contributed by atoms with van der Waals surface area (Å²) in [5.74, 6) is 1.44. The Kier molecular flexibility index (Phi) is 3.12. The predicted octanol–water partition coefficient (Wildman–Crippen LogP) is 0.992. The molecule has 1 aliphatic heterocycles. The molecule has 0 unspecified atom stereocenters. The largest absolute Gasteiger partial charge is 0.403 e. The standard InChI is InChI=1S/C8H6BN4O2.Ir/c1-5-14-10-7(1)12-3-4-13(9-12)8-2-6-15-11-8;/h1-6H;. The normalized spacial score (nSPS) is 13.8. The van der Waals surface area contributed by atoms with Crippen molar-refractivity contribution in [3.05, 3.63) is 37.1 Å². The van der Waals surface area contributed by atoms with Gasteiger partial charge in [0.2, 0.25) is 0 Å². The van der Waals surface area contributed by atoms with Gasteiger partial charge in [0.15, 0.2) is 11.6 Å². The van der Waals surface area contributed by atoms with Gasteiger partial charge in [-0.05, 0) is 0 Å². The molecule has 0 aliphatic carbocycles. The first-order valence-electron chi connectivity index (χ1n) is 4.34. The zero-order valence-corrected chi connectivity index (χ0v) is 10.4. The summed E-state index contributed by atoms with van der Waals surface area (Å²) < 4.78 is 9.51. The number of rotatable bonds is 2. The number of anilines is 2. The maximum absolute atomic E-state index is 4.75. The van der Waals surface area contributed by atoms with E-state index in [-0.39, 0.29) is 20.1 Å². The molecule has 0 fully saturated rings. The van der Waals surface area contributed by atoms with Crippen molar-refractivity contribution in [1.29, 1.82) is 0 Å². The monoisotopic (exact) mass is 394 g/mol. The minimum absolute atomic E-state index is 0. The minimum Gasteiger partial charge on any atom is -0.363 e. The second-order valence-corrected chi connectivity index (χ2v) is 2.94. The Bertz CT molecular complexity index is 416. The predicted molar refractivity (Wildman–Crippen MR) is 52.9 cm³/mol. The van der Waals surface area contributed by atoms with Gasteiger partial charge < -0.3 is 18.7 Å². The quantitative estimate of drug-likeness (QED) is 0.710. The van der Waals surface area contributed by atoms with E-state index in [2.05, 4.69) is 10.3 Å². The molecule has 0 spiro atoms. The summed E-state index contributed by atoms with van der Waals surface area (Å²) in [7, 11) is 1.83. The molecule has 1 aliphatic rings. The summed E-state index contributed by atoms with van der Waals surface area (Å²) in [5, 5.41) is 7.62. The molecular weight excluding hydrogens is 387 g/mol. The first-order valence-corrected chi connectivity index (χ1v) is 4.34. The third-order valence-corrected chi connectivity index (χ3v) is 2.01. The molecule has 0 aromatic carbocycles. The van der Waals surface area contributed by atoms with Gasteiger partial charge in [-0.1, -0.05) is 10.3 Å². The molecular formula is C8H6BIrN4O2. The average Bonchev–Trinajstić information content (AvgIpc) is 3.02. The van der Waals surface area contributed by atoms with Crippen LogP contribution in [0.4, 0.5) is 11.6 Å². The molecule has 0 amide bonds. The van der Waals surface area contributed by atoms with Gasteiger partial charge in [-0.3, -0.25) is 0 Å². The maximum atomic E-state index is 4.75. The van der Waals surface area contributed by atoms with Gasteiger partial charge in [-0.25, -0.2) is 0 Å². The topological polar surface area (TPSA) is 58.5 Å². The molecule has 3 heterocycles. The van der Waals surface area contributed by atoms with E-state index in [0.717, 1.165) is 11.6 Å². The van der Waals surface area contributed by atoms with Crippen LogP contribution in [0.25, 0.3) is 0 Å². The smallest absolute Gasteiger partial charge is 0.363 e. The van der Waals surface area contributed by atoms with E-state index in [1.165, 1.54) is 12.5 Å². The summed E-state index contributed by atoms with van der Waals surface area (Å²) in [6.07, 6.45) is 6.75. The van der Waals surface area contributed by atoms with Crippen LogP contribution in [0.2, 0.25) is 0 Å². The summed E-state index contributed by atoms with van der Waals surface area (Å²) in [4.78, 5) is 3.64. The van der Waals surface area contributed by atoms with Crippen LogP contribution in [0.1, 0.15) is 0 Å². The minimum atomic E-state index is 0. The van der Waals surface area contributed by atoms with Gasteiger partial charge in [0.05, 0.1) is 0 Å². The van der Waals surface area contributed by atoms with E-state index >= 15 is 0 Å². The molecule has 0 bridgehead atoms. The van der Waals surface area contributed by atoms with Gasteiger partial charge in [-0.15, -0.1) is 0 Å². The van der Waals surface area contributed by atoms with Crippen molar-refractivity contribution in [1.82, 2.24) is 10.3 Å². The Balaban J connectivity index is 0.000000963. The van der Waals surface area contributed by atoms with Gasteiger partial charge in [0.1, 0.15) is 12.5 Å². The third-order valence-electron chi connectivity index (χ3n) is 2.01. The van der Waals surface area contributed by atoms with E-state index in [1.54, 1.807) is 12.1 Å². The van der Waals surface area contributed by atoms with Crippen LogP contribution in [0.3, 0.4) is 0 Å². The van der Waals surface area contributed by atoms with E-state index in [9.17, 15) is 0 Å². The van der Waals surface area contributed by atoms with Crippen LogP contribution in [0, 0.1) is 0 Å².